The molecule has 2 aromatic carbocycles. The van der Waals surface area contributed by atoms with Gasteiger partial charge >= 0.3 is 0 Å². The number of hydrogen-bond donors (Lipinski definition) is 2. The molecule has 2 N–H and O–H groups in total. The lowest BCUT2D eigenvalue weighted by Crippen LogP contribution is -2.39. The van der Waals surface area contributed by atoms with Crippen LogP contribution in [-0.4, -0.2) is 18.9 Å². The lowest BCUT2D eigenvalue weighted by Gasteiger charge is -2.17. The van der Waals surface area contributed by atoms with Gasteiger partial charge in [0.1, 0.15) is 17.0 Å². The smallest absolute Gasteiger partial charge is 0.240 e. The number of nitrogens with one attached hydrogen (secondary N) is 2. The second-order valence-electron chi connectivity index (χ2n) is 6.61. The first-order valence-corrected chi connectivity index (χ1v) is 8.92. The molecule has 2 amide bonds. The number of rotatable bonds is 6. The van der Waals surface area contributed by atoms with Gasteiger partial charge in [0, 0.05) is 23.2 Å². The van der Waals surface area contributed by atoms with Gasteiger partial charge in [-0.25, -0.2) is 4.39 Å². The minimum Gasteiger partial charge on any atom is -0.495 e. The van der Waals surface area contributed by atoms with Crippen LogP contribution in [0.15, 0.2) is 36.4 Å². The maximum Gasteiger partial charge on any atom is 0.240 e. The van der Waals surface area contributed by atoms with Crippen molar-refractivity contribution in [2.75, 3.05) is 12.4 Å². The number of ether oxygens (including phenoxy) is 1. The van der Waals surface area contributed by atoms with Crippen LogP contribution in [0.1, 0.15) is 24.0 Å². The minimum atomic E-state index is -1.14. The SMILES string of the molecule is COc1cc(Cl)c(C)cc1NC(=O)C1(C(=O)NCc2ccccc2F)CC1. The third kappa shape index (κ3) is 3.90. The van der Waals surface area contributed by atoms with E-state index in [0.717, 1.165) is 5.56 Å². The highest BCUT2D eigenvalue weighted by Crippen LogP contribution is 2.47. The fourth-order valence-electron chi connectivity index (χ4n) is 2.84. The molecule has 0 heterocycles. The van der Waals surface area contributed by atoms with Crippen molar-refractivity contribution >= 4 is 29.1 Å². The molecular weight excluding hydrogens is 371 g/mol. The van der Waals surface area contributed by atoms with Gasteiger partial charge in [0.15, 0.2) is 0 Å². The summed E-state index contributed by atoms with van der Waals surface area (Å²) in [6, 6.07) is 9.51. The lowest BCUT2D eigenvalue weighted by molar-refractivity contribution is -0.134. The molecule has 1 aliphatic carbocycles. The third-order valence-corrected chi connectivity index (χ3v) is 5.15. The molecule has 3 rings (SSSR count). The summed E-state index contributed by atoms with van der Waals surface area (Å²) in [7, 11) is 1.48. The standard InChI is InChI=1S/C20H20ClFN2O3/c1-12-9-16(17(27-2)10-14(12)21)24-19(26)20(7-8-20)18(25)23-11-13-5-3-4-6-15(13)22/h3-6,9-10H,7-8,11H2,1-2H3,(H,23,25)(H,24,26). The fourth-order valence-corrected chi connectivity index (χ4v) is 2.99. The summed E-state index contributed by atoms with van der Waals surface area (Å²) in [5.41, 5.74) is 0.473. The van der Waals surface area contributed by atoms with E-state index in [2.05, 4.69) is 10.6 Å². The van der Waals surface area contributed by atoms with Gasteiger partial charge in [-0.05, 0) is 37.5 Å². The van der Waals surface area contributed by atoms with Crippen molar-refractivity contribution in [2.45, 2.75) is 26.3 Å². The second-order valence-corrected chi connectivity index (χ2v) is 7.02. The Morgan fingerprint density at radius 2 is 1.93 bits per heavy atom. The van der Waals surface area contributed by atoms with Gasteiger partial charge in [0.05, 0.1) is 12.8 Å². The zero-order valence-corrected chi connectivity index (χ0v) is 15.8. The number of aryl methyl sites for hydroxylation is 1. The third-order valence-electron chi connectivity index (χ3n) is 4.75. The number of methoxy groups -OCH3 is 1. The maximum atomic E-state index is 13.7. The van der Waals surface area contributed by atoms with E-state index >= 15 is 0 Å². The Morgan fingerprint density at radius 3 is 2.56 bits per heavy atom. The molecule has 0 radical (unpaired) electrons. The molecule has 1 aliphatic rings. The van der Waals surface area contributed by atoms with Crippen LogP contribution >= 0.6 is 11.6 Å². The van der Waals surface area contributed by atoms with E-state index < -0.39 is 23.0 Å². The van der Waals surface area contributed by atoms with Gasteiger partial charge < -0.3 is 15.4 Å². The van der Waals surface area contributed by atoms with E-state index in [4.69, 9.17) is 16.3 Å². The highest BCUT2D eigenvalue weighted by molar-refractivity contribution is 6.31. The van der Waals surface area contributed by atoms with Crippen molar-refractivity contribution in [2.24, 2.45) is 5.41 Å². The zero-order valence-electron chi connectivity index (χ0n) is 15.1. The highest BCUT2D eigenvalue weighted by atomic mass is 35.5. The Labute approximate surface area is 161 Å². The van der Waals surface area contributed by atoms with E-state index in [1.807, 2.05) is 6.92 Å². The average molecular weight is 391 g/mol. The van der Waals surface area contributed by atoms with Gasteiger partial charge in [0.2, 0.25) is 11.8 Å². The van der Waals surface area contributed by atoms with E-state index in [9.17, 15) is 14.0 Å². The predicted molar refractivity (Wildman–Crippen MR) is 101 cm³/mol. The van der Waals surface area contributed by atoms with Crippen LogP contribution in [0.25, 0.3) is 0 Å². The molecule has 0 bridgehead atoms. The summed E-state index contributed by atoms with van der Waals surface area (Å²) in [6.45, 7) is 1.84. The molecule has 0 atom stereocenters. The van der Waals surface area contributed by atoms with Crippen LogP contribution in [0.5, 0.6) is 5.75 Å². The summed E-state index contributed by atoms with van der Waals surface area (Å²) in [5.74, 6) is -0.795. The zero-order chi connectivity index (χ0) is 19.6. The number of amides is 2. The Kier molecular flexibility index (Phi) is 5.37. The summed E-state index contributed by atoms with van der Waals surface area (Å²) in [6.07, 6.45) is 0.883. The molecule has 0 saturated heterocycles. The van der Waals surface area contributed by atoms with E-state index in [1.54, 1.807) is 30.3 Å². The molecular formula is C20H20ClFN2O3. The van der Waals surface area contributed by atoms with E-state index in [0.29, 0.717) is 34.9 Å². The molecule has 0 aromatic heterocycles. The molecule has 7 heteroatoms. The minimum absolute atomic E-state index is 0.0317. The highest BCUT2D eigenvalue weighted by Gasteiger charge is 2.56. The van der Waals surface area contributed by atoms with Crippen molar-refractivity contribution in [3.8, 4) is 5.75 Å². The molecule has 0 aliphatic heterocycles. The molecule has 5 nitrogen and oxygen atoms in total. The molecule has 27 heavy (non-hydrogen) atoms. The van der Waals surface area contributed by atoms with Crippen LogP contribution in [0, 0.1) is 18.2 Å². The largest absolute Gasteiger partial charge is 0.495 e. The molecule has 0 unspecified atom stereocenters. The van der Waals surface area contributed by atoms with Gasteiger partial charge in [-0.15, -0.1) is 0 Å². The average Bonchev–Trinajstić information content (AvgIpc) is 3.45. The molecule has 0 spiro atoms. The van der Waals surface area contributed by atoms with E-state index in [-0.39, 0.29) is 6.54 Å². The quantitative estimate of drug-likeness (QED) is 0.736. The first kappa shape index (κ1) is 19.2. The van der Waals surface area contributed by atoms with Crippen molar-refractivity contribution in [1.82, 2.24) is 5.32 Å². The fraction of sp³-hybridized carbons (Fsp3) is 0.300. The second kappa shape index (κ2) is 7.56. The van der Waals surface area contributed by atoms with Gasteiger partial charge in [-0.1, -0.05) is 29.8 Å². The Bertz CT molecular complexity index is 897. The first-order chi connectivity index (χ1) is 12.9. The molecule has 1 fully saturated rings. The summed E-state index contributed by atoms with van der Waals surface area (Å²) in [5, 5.41) is 5.95. The topological polar surface area (TPSA) is 67.4 Å². The number of carbonyl (C=O) groups is 2. The maximum absolute atomic E-state index is 13.7. The predicted octanol–water partition coefficient (Wildman–Crippen LogP) is 3.83. The lowest BCUT2D eigenvalue weighted by atomic mass is 10.0. The molecule has 142 valence electrons. The number of halogens is 2. The summed E-state index contributed by atoms with van der Waals surface area (Å²) in [4.78, 5) is 25.3. The van der Waals surface area contributed by atoms with Crippen molar-refractivity contribution in [3.05, 3.63) is 58.4 Å². The Hall–Kier alpha value is -2.60. The summed E-state index contributed by atoms with van der Waals surface area (Å²) >= 11 is 6.08. The number of hydrogen-bond acceptors (Lipinski definition) is 3. The van der Waals surface area contributed by atoms with Crippen LogP contribution in [-0.2, 0) is 16.1 Å². The molecule has 2 aromatic rings. The number of carbonyl (C=O) groups excluding carboxylic acids is 2. The van der Waals surface area contributed by atoms with Crippen molar-refractivity contribution in [1.29, 1.82) is 0 Å². The van der Waals surface area contributed by atoms with E-state index in [1.165, 1.54) is 13.2 Å². The van der Waals surface area contributed by atoms with Gasteiger partial charge in [-0.3, -0.25) is 9.59 Å². The summed E-state index contributed by atoms with van der Waals surface area (Å²) < 4.78 is 18.9. The van der Waals surface area contributed by atoms with Crippen LogP contribution in [0.4, 0.5) is 10.1 Å². The van der Waals surface area contributed by atoms with Gasteiger partial charge in [-0.2, -0.15) is 0 Å². The number of benzene rings is 2. The van der Waals surface area contributed by atoms with Crippen molar-refractivity contribution < 1.29 is 18.7 Å². The first-order valence-electron chi connectivity index (χ1n) is 8.54. The van der Waals surface area contributed by atoms with Crippen LogP contribution in [0.2, 0.25) is 5.02 Å². The van der Waals surface area contributed by atoms with Gasteiger partial charge in [0.25, 0.3) is 0 Å². The monoisotopic (exact) mass is 390 g/mol. The Balaban J connectivity index is 1.70. The van der Waals surface area contributed by atoms with Crippen molar-refractivity contribution in [3.63, 3.8) is 0 Å². The number of anilines is 1. The van der Waals surface area contributed by atoms with Crippen LogP contribution < -0.4 is 15.4 Å². The Morgan fingerprint density at radius 1 is 1.22 bits per heavy atom. The normalized spacial score (nSPS) is 14.4. The molecule has 1 saturated carbocycles. The van der Waals surface area contributed by atoms with Crippen LogP contribution in [0.3, 0.4) is 0 Å².